The molecule has 32 heavy (non-hydrogen) atoms. The van der Waals surface area contributed by atoms with Gasteiger partial charge >= 0.3 is 5.97 Å². The summed E-state index contributed by atoms with van der Waals surface area (Å²) < 4.78 is 0. The number of halogens is 2. The summed E-state index contributed by atoms with van der Waals surface area (Å²) in [5.41, 5.74) is 6.12. The Labute approximate surface area is 194 Å². The Morgan fingerprint density at radius 2 is 1.78 bits per heavy atom. The Kier molecular flexibility index (Phi) is 5.43. The Bertz CT molecular complexity index is 1370. The van der Waals surface area contributed by atoms with Crippen molar-refractivity contribution in [3.05, 3.63) is 110 Å². The molecule has 1 unspecified atom stereocenters. The van der Waals surface area contributed by atoms with Crippen LogP contribution >= 0.6 is 23.2 Å². The lowest BCUT2D eigenvalue weighted by Crippen LogP contribution is -2.29. The Morgan fingerprint density at radius 3 is 2.53 bits per heavy atom. The third-order valence-corrected chi connectivity index (χ3v) is 6.07. The van der Waals surface area contributed by atoms with Crippen molar-refractivity contribution in [3.8, 4) is 0 Å². The van der Waals surface area contributed by atoms with Crippen molar-refractivity contribution in [2.75, 3.05) is 5.01 Å². The van der Waals surface area contributed by atoms with Crippen molar-refractivity contribution >= 4 is 34.9 Å². The number of benzene rings is 3. The molecule has 1 saturated heterocycles. The molecule has 1 atom stereocenters. The number of hydrogen-bond acceptors (Lipinski definition) is 6. The molecule has 0 amide bonds. The van der Waals surface area contributed by atoms with Gasteiger partial charge in [0.25, 0.3) is 0 Å². The fourth-order valence-electron chi connectivity index (χ4n) is 3.70. The number of hydrogen-bond donors (Lipinski definition) is 1. The average molecular weight is 465 g/mol. The van der Waals surface area contributed by atoms with Crippen LogP contribution in [0.3, 0.4) is 0 Å². The van der Waals surface area contributed by atoms with Gasteiger partial charge in [0.1, 0.15) is 0 Å². The molecule has 1 fully saturated rings. The molecular formula is C24H18Cl2N4O2. The Balaban J connectivity index is 1.69. The molecule has 160 valence electrons. The van der Waals surface area contributed by atoms with E-state index in [4.69, 9.17) is 38.0 Å². The van der Waals surface area contributed by atoms with E-state index in [0.29, 0.717) is 38.9 Å². The second-order valence-corrected chi connectivity index (χ2v) is 8.39. The van der Waals surface area contributed by atoms with Crippen LogP contribution < -0.4 is 21.3 Å². The zero-order valence-electron chi connectivity index (χ0n) is 17.0. The Hall–Kier alpha value is -3.19. The molecular weight excluding hydrogens is 447 g/mol. The van der Waals surface area contributed by atoms with Crippen LogP contribution in [0.2, 0.25) is 10.0 Å². The van der Waals surface area contributed by atoms with E-state index >= 15 is 0 Å². The second-order valence-electron chi connectivity index (χ2n) is 7.55. The molecule has 0 spiro atoms. The summed E-state index contributed by atoms with van der Waals surface area (Å²) in [5, 5.41) is 4.25. The van der Waals surface area contributed by atoms with Gasteiger partial charge in [-0.1, -0.05) is 59.1 Å². The number of para-hydroxylation sites is 2. The van der Waals surface area contributed by atoms with E-state index in [-0.39, 0.29) is 6.04 Å². The molecule has 0 saturated carbocycles. The van der Waals surface area contributed by atoms with Gasteiger partial charge in [0.05, 0.1) is 28.1 Å². The standard InChI is InChI=1S/C24H18Cl2N4O2/c1-14-6-11-17(12-18(14)26)30-23(24(31)32-29-30)22-13-21(15-7-9-16(25)10-8-15)27-19-4-2-3-5-20(19)28-22/h2-12,21,29H,13H2,1H3/b23-22+. The summed E-state index contributed by atoms with van der Waals surface area (Å²) in [7, 11) is 0. The number of hydrazine groups is 1. The fraction of sp³-hybridized carbons (Fsp3) is 0.125. The first-order valence-electron chi connectivity index (χ1n) is 10.0. The van der Waals surface area contributed by atoms with Gasteiger partial charge in [-0.15, -0.1) is 0 Å². The molecule has 2 heterocycles. The molecule has 0 aliphatic carbocycles. The number of nitrogens with zero attached hydrogens (tertiary/aromatic N) is 3. The number of fused-ring (bicyclic) bond motifs is 1. The molecule has 2 aliphatic heterocycles. The summed E-state index contributed by atoms with van der Waals surface area (Å²) >= 11 is 12.4. The number of anilines is 1. The van der Waals surface area contributed by atoms with Crippen LogP contribution in [-0.4, -0.2) is 5.97 Å². The summed E-state index contributed by atoms with van der Waals surface area (Å²) in [6.07, 6.45) is 0.401. The van der Waals surface area contributed by atoms with E-state index in [9.17, 15) is 4.79 Å². The summed E-state index contributed by atoms with van der Waals surface area (Å²) in [6.45, 7) is 1.92. The Morgan fingerprint density at radius 1 is 1.03 bits per heavy atom. The number of nitrogens with one attached hydrogen (secondary N) is 1. The van der Waals surface area contributed by atoms with Crippen molar-refractivity contribution < 1.29 is 9.63 Å². The number of carbonyl (C=O) groups is 1. The van der Waals surface area contributed by atoms with E-state index in [0.717, 1.165) is 16.5 Å². The molecule has 5 rings (SSSR count). The SMILES string of the molecule is Cc1ccc(N2NOC(=O)/C2=C2/CC(c3ccc(Cl)cc3)N=c3ccccc3=N2)cc1Cl. The predicted molar refractivity (Wildman–Crippen MR) is 122 cm³/mol. The van der Waals surface area contributed by atoms with E-state index in [2.05, 4.69) is 5.59 Å². The smallest absolute Gasteiger partial charge is 0.345 e. The van der Waals surface area contributed by atoms with Crippen LogP contribution in [0, 0.1) is 6.92 Å². The van der Waals surface area contributed by atoms with Crippen LogP contribution in [0.25, 0.3) is 0 Å². The molecule has 3 aromatic carbocycles. The van der Waals surface area contributed by atoms with Crippen LogP contribution in [0.5, 0.6) is 0 Å². The monoisotopic (exact) mass is 464 g/mol. The number of carbonyl (C=O) groups excluding carboxylic acids is 1. The minimum atomic E-state index is -0.519. The maximum Gasteiger partial charge on any atom is 0.378 e. The van der Waals surface area contributed by atoms with Crippen molar-refractivity contribution in [2.24, 2.45) is 9.98 Å². The average Bonchev–Trinajstić information content (AvgIpc) is 3.06. The highest BCUT2D eigenvalue weighted by Gasteiger charge is 2.34. The molecule has 8 heteroatoms. The van der Waals surface area contributed by atoms with Crippen LogP contribution in [-0.2, 0) is 9.63 Å². The summed E-state index contributed by atoms with van der Waals surface area (Å²) in [6, 6.07) is 20.4. The van der Waals surface area contributed by atoms with Gasteiger partial charge in [0.15, 0.2) is 5.70 Å². The van der Waals surface area contributed by atoms with Gasteiger partial charge in [0.2, 0.25) is 0 Å². The molecule has 0 aromatic heterocycles. The van der Waals surface area contributed by atoms with Gasteiger partial charge < -0.3 is 4.84 Å². The zero-order valence-corrected chi connectivity index (χ0v) is 18.6. The summed E-state index contributed by atoms with van der Waals surface area (Å²) in [5.74, 6) is -0.519. The highest BCUT2D eigenvalue weighted by molar-refractivity contribution is 6.31. The topological polar surface area (TPSA) is 66.3 Å². The lowest BCUT2D eigenvalue weighted by Gasteiger charge is -2.19. The summed E-state index contributed by atoms with van der Waals surface area (Å²) in [4.78, 5) is 27.7. The van der Waals surface area contributed by atoms with Gasteiger partial charge in [-0.05, 0) is 54.4 Å². The molecule has 0 bridgehead atoms. The minimum Gasteiger partial charge on any atom is -0.345 e. The van der Waals surface area contributed by atoms with Crippen LogP contribution in [0.4, 0.5) is 5.69 Å². The largest absolute Gasteiger partial charge is 0.378 e. The molecule has 0 radical (unpaired) electrons. The van der Waals surface area contributed by atoms with Gasteiger partial charge in [-0.2, -0.15) is 0 Å². The van der Waals surface area contributed by atoms with Crippen molar-refractivity contribution in [2.45, 2.75) is 19.4 Å². The number of aryl methyl sites for hydroxylation is 1. The maximum absolute atomic E-state index is 12.8. The van der Waals surface area contributed by atoms with E-state index in [1.807, 2.05) is 67.6 Å². The zero-order chi connectivity index (χ0) is 22.2. The van der Waals surface area contributed by atoms with E-state index in [1.54, 1.807) is 11.1 Å². The predicted octanol–water partition coefficient (Wildman–Crippen LogP) is 4.38. The molecule has 3 aromatic rings. The molecule has 1 N–H and O–H groups in total. The minimum absolute atomic E-state index is 0.251. The van der Waals surface area contributed by atoms with Crippen LogP contribution in [0.1, 0.15) is 23.6 Å². The van der Waals surface area contributed by atoms with Crippen molar-refractivity contribution in [3.63, 3.8) is 0 Å². The first-order chi connectivity index (χ1) is 15.5. The van der Waals surface area contributed by atoms with Crippen LogP contribution in [0.15, 0.2) is 88.1 Å². The van der Waals surface area contributed by atoms with Gasteiger partial charge in [-0.25, -0.2) is 14.8 Å². The quantitative estimate of drug-likeness (QED) is 0.571. The fourth-order valence-corrected chi connectivity index (χ4v) is 4.01. The van der Waals surface area contributed by atoms with Gasteiger partial charge in [0, 0.05) is 16.5 Å². The van der Waals surface area contributed by atoms with E-state index in [1.165, 1.54) is 0 Å². The number of rotatable bonds is 2. The highest BCUT2D eigenvalue weighted by atomic mass is 35.5. The normalized spacial score (nSPS) is 20.2. The lowest BCUT2D eigenvalue weighted by molar-refractivity contribution is -0.140. The van der Waals surface area contributed by atoms with Crippen molar-refractivity contribution in [1.29, 1.82) is 0 Å². The maximum atomic E-state index is 12.8. The lowest BCUT2D eigenvalue weighted by atomic mass is 10.0. The molecule has 6 nitrogen and oxygen atoms in total. The van der Waals surface area contributed by atoms with Crippen molar-refractivity contribution in [1.82, 2.24) is 5.59 Å². The highest BCUT2D eigenvalue weighted by Crippen LogP contribution is 2.33. The third-order valence-electron chi connectivity index (χ3n) is 5.41. The second kappa shape index (κ2) is 8.39. The van der Waals surface area contributed by atoms with E-state index < -0.39 is 5.97 Å². The first kappa shape index (κ1) is 20.7. The third kappa shape index (κ3) is 3.88. The van der Waals surface area contributed by atoms with Gasteiger partial charge in [-0.3, -0.25) is 4.99 Å². The first-order valence-corrected chi connectivity index (χ1v) is 10.8. The molecule has 2 aliphatic rings.